The summed E-state index contributed by atoms with van der Waals surface area (Å²) in [4.78, 5) is 0. The number of hydrazone groups is 1. The summed E-state index contributed by atoms with van der Waals surface area (Å²) in [5.41, 5.74) is 5.56. The highest BCUT2D eigenvalue weighted by Gasteiger charge is 2.01. The number of thiocarbonyl (C=S) groups is 1. The Morgan fingerprint density at radius 2 is 1.83 bits per heavy atom. The first-order valence-electron chi connectivity index (χ1n) is 6.94. The minimum Gasteiger partial charge on any atom is -0.489 e. The van der Waals surface area contributed by atoms with Gasteiger partial charge in [0, 0.05) is 0 Å². The summed E-state index contributed by atoms with van der Waals surface area (Å²) in [6.45, 7) is 2.31. The number of hydrogen-bond donors (Lipinski definition) is 1. The Morgan fingerprint density at radius 3 is 2.43 bits per heavy atom. The Morgan fingerprint density at radius 1 is 1.17 bits per heavy atom. The van der Waals surface area contributed by atoms with Crippen LogP contribution in [0.1, 0.15) is 18.1 Å². The Hall–Kier alpha value is -1.92. The highest BCUT2D eigenvalue weighted by molar-refractivity contribution is 8.22. The van der Waals surface area contributed by atoms with E-state index in [2.05, 4.69) is 10.5 Å². The number of rotatable bonds is 5. The highest BCUT2D eigenvalue weighted by Crippen LogP contribution is 2.15. The van der Waals surface area contributed by atoms with Crippen molar-refractivity contribution in [3.05, 3.63) is 65.5 Å². The Labute approximate surface area is 144 Å². The molecule has 0 fully saturated rings. The maximum absolute atomic E-state index is 12.8. The van der Waals surface area contributed by atoms with Crippen molar-refractivity contribution in [3.8, 4) is 5.75 Å². The molecule has 23 heavy (non-hydrogen) atoms. The quantitative estimate of drug-likeness (QED) is 0.494. The van der Waals surface area contributed by atoms with Gasteiger partial charge in [0.1, 0.15) is 18.2 Å². The fourth-order valence-electron chi connectivity index (χ4n) is 1.78. The lowest BCUT2D eigenvalue weighted by Gasteiger charge is -2.08. The molecule has 0 heterocycles. The Balaban J connectivity index is 1.93. The zero-order chi connectivity index (χ0) is 16.7. The number of hydrogen-bond acceptors (Lipinski definition) is 4. The summed E-state index contributed by atoms with van der Waals surface area (Å²) < 4.78 is 19.1. The molecule has 0 saturated carbocycles. The fourth-order valence-corrected chi connectivity index (χ4v) is 1.96. The molecule has 0 atom stereocenters. The molecular formula is C17H17FN2OS2. The van der Waals surface area contributed by atoms with Gasteiger partial charge in [-0.25, -0.2) is 4.39 Å². The van der Waals surface area contributed by atoms with Crippen LogP contribution in [-0.2, 0) is 6.61 Å². The van der Waals surface area contributed by atoms with Gasteiger partial charge in [0.15, 0.2) is 4.32 Å². The second-order valence-corrected chi connectivity index (χ2v) is 6.22. The molecule has 0 aliphatic rings. The van der Waals surface area contributed by atoms with Crippen LogP contribution in [0.15, 0.2) is 53.6 Å². The summed E-state index contributed by atoms with van der Waals surface area (Å²) in [5.74, 6) is 0.501. The van der Waals surface area contributed by atoms with E-state index >= 15 is 0 Å². The summed E-state index contributed by atoms with van der Waals surface area (Å²) in [6, 6.07) is 13.9. The summed E-state index contributed by atoms with van der Waals surface area (Å²) in [5, 5.41) is 4.22. The number of benzene rings is 2. The second-order valence-electron chi connectivity index (χ2n) is 4.74. The molecule has 120 valence electrons. The van der Waals surface area contributed by atoms with Crippen molar-refractivity contribution < 1.29 is 9.13 Å². The van der Waals surface area contributed by atoms with E-state index in [4.69, 9.17) is 17.0 Å². The highest BCUT2D eigenvalue weighted by atomic mass is 32.2. The standard InChI is InChI=1S/C17H17FN2OS2/c1-12(19-20-17(22)23-2)14-5-9-16(10-6-14)21-11-13-3-7-15(18)8-4-13/h3-10H,11H2,1-2H3,(H,20,22)/b19-12+. The number of nitrogens with one attached hydrogen (secondary N) is 1. The third kappa shape index (κ3) is 5.65. The molecule has 0 radical (unpaired) electrons. The number of nitrogens with zero attached hydrogens (tertiary/aromatic N) is 1. The minimum atomic E-state index is -0.248. The van der Waals surface area contributed by atoms with Gasteiger partial charge >= 0.3 is 0 Å². The van der Waals surface area contributed by atoms with Gasteiger partial charge in [-0.15, -0.1) is 0 Å². The molecule has 2 aromatic carbocycles. The SMILES string of the molecule is CSC(=S)N/N=C(\C)c1ccc(OCc2ccc(F)cc2)cc1. The maximum Gasteiger partial charge on any atom is 0.153 e. The predicted octanol–water partition coefficient (Wildman–Crippen LogP) is 4.37. The van der Waals surface area contributed by atoms with Crippen LogP contribution in [0.25, 0.3) is 0 Å². The van der Waals surface area contributed by atoms with Crippen LogP contribution < -0.4 is 10.2 Å². The van der Waals surface area contributed by atoms with Gasteiger partial charge in [0.05, 0.1) is 5.71 Å². The van der Waals surface area contributed by atoms with Crippen LogP contribution in [0.2, 0.25) is 0 Å². The Bertz CT molecular complexity index is 685. The first-order valence-corrected chi connectivity index (χ1v) is 8.57. The normalized spacial score (nSPS) is 11.2. The topological polar surface area (TPSA) is 33.6 Å². The molecule has 0 aliphatic heterocycles. The van der Waals surface area contributed by atoms with Gasteiger partial charge in [-0.05, 0) is 60.7 Å². The lowest BCUT2D eigenvalue weighted by atomic mass is 10.1. The van der Waals surface area contributed by atoms with Crippen molar-refractivity contribution in [1.82, 2.24) is 5.43 Å². The van der Waals surface area contributed by atoms with Crippen LogP contribution in [-0.4, -0.2) is 16.3 Å². The van der Waals surface area contributed by atoms with Crippen LogP contribution in [0.4, 0.5) is 4.39 Å². The zero-order valence-corrected chi connectivity index (χ0v) is 14.5. The van der Waals surface area contributed by atoms with E-state index in [1.54, 1.807) is 12.1 Å². The van der Waals surface area contributed by atoms with Gasteiger partial charge in [-0.3, -0.25) is 5.43 Å². The molecule has 0 unspecified atom stereocenters. The molecule has 0 amide bonds. The first-order chi connectivity index (χ1) is 11.1. The molecule has 0 spiro atoms. The summed E-state index contributed by atoms with van der Waals surface area (Å²) in [7, 11) is 0. The summed E-state index contributed by atoms with van der Waals surface area (Å²) >= 11 is 6.47. The lowest BCUT2D eigenvalue weighted by molar-refractivity contribution is 0.306. The van der Waals surface area contributed by atoms with E-state index in [1.807, 2.05) is 37.4 Å². The monoisotopic (exact) mass is 348 g/mol. The van der Waals surface area contributed by atoms with Crippen molar-refractivity contribution in [3.63, 3.8) is 0 Å². The van der Waals surface area contributed by atoms with Crippen LogP contribution in [0.5, 0.6) is 5.75 Å². The van der Waals surface area contributed by atoms with Crippen LogP contribution in [0.3, 0.4) is 0 Å². The molecule has 2 rings (SSSR count). The second kappa shape index (κ2) is 8.64. The van der Waals surface area contributed by atoms with E-state index < -0.39 is 0 Å². The first kappa shape index (κ1) is 17.4. The molecule has 0 aliphatic carbocycles. The maximum atomic E-state index is 12.8. The van der Waals surface area contributed by atoms with E-state index in [9.17, 15) is 4.39 Å². The van der Waals surface area contributed by atoms with E-state index in [1.165, 1.54) is 23.9 Å². The van der Waals surface area contributed by atoms with Gasteiger partial charge < -0.3 is 4.74 Å². The van der Waals surface area contributed by atoms with Crippen molar-refractivity contribution in [2.24, 2.45) is 5.10 Å². The third-order valence-electron chi connectivity index (χ3n) is 3.09. The van der Waals surface area contributed by atoms with E-state index in [0.29, 0.717) is 10.9 Å². The molecule has 0 saturated heterocycles. The van der Waals surface area contributed by atoms with E-state index in [-0.39, 0.29) is 5.82 Å². The largest absolute Gasteiger partial charge is 0.489 e. The Kier molecular flexibility index (Phi) is 6.55. The number of halogens is 1. The average molecular weight is 348 g/mol. The van der Waals surface area contributed by atoms with Crippen LogP contribution >= 0.6 is 24.0 Å². The smallest absolute Gasteiger partial charge is 0.153 e. The van der Waals surface area contributed by atoms with Crippen molar-refractivity contribution in [1.29, 1.82) is 0 Å². The fraction of sp³-hybridized carbons (Fsp3) is 0.176. The molecular weight excluding hydrogens is 331 g/mol. The summed E-state index contributed by atoms with van der Waals surface area (Å²) in [6.07, 6.45) is 1.90. The van der Waals surface area contributed by atoms with Crippen molar-refractivity contribution in [2.45, 2.75) is 13.5 Å². The molecule has 6 heteroatoms. The van der Waals surface area contributed by atoms with Gasteiger partial charge in [-0.2, -0.15) is 5.10 Å². The molecule has 1 N–H and O–H groups in total. The van der Waals surface area contributed by atoms with Gasteiger partial charge in [0.25, 0.3) is 0 Å². The molecule has 0 bridgehead atoms. The zero-order valence-electron chi connectivity index (χ0n) is 12.9. The molecule has 3 nitrogen and oxygen atoms in total. The molecule has 0 aromatic heterocycles. The van der Waals surface area contributed by atoms with Gasteiger partial charge in [-0.1, -0.05) is 36.1 Å². The number of ether oxygens (including phenoxy) is 1. The van der Waals surface area contributed by atoms with Crippen molar-refractivity contribution in [2.75, 3.05) is 6.26 Å². The van der Waals surface area contributed by atoms with E-state index in [0.717, 1.165) is 22.6 Å². The van der Waals surface area contributed by atoms with Gasteiger partial charge in [0.2, 0.25) is 0 Å². The number of thioether (sulfide) groups is 1. The van der Waals surface area contributed by atoms with Crippen molar-refractivity contribution >= 4 is 34.0 Å². The average Bonchev–Trinajstić information content (AvgIpc) is 2.59. The minimum absolute atomic E-state index is 0.248. The third-order valence-corrected chi connectivity index (χ3v) is 4.14. The van der Waals surface area contributed by atoms with Crippen LogP contribution in [0, 0.1) is 5.82 Å². The lowest BCUT2D eigenvalue weighted by Crippen LogP contribution is -2.13. The predicted molar refractivity (Wildman–Crippen MR) is 98.6 cm³/mol. The molecule has 2 aromatic rings.